The van der Waals surface area contributed by atoms with Crippen LogP contribution in [0.1, 0.15) is 0 Å². The van der Waals surface area contributed by atoms with Gasteiger partial charge in [-0.15, -0.1) is 0 Å². The second kappa shape index (κ2) is 76.1. The zero-order valence-corrected chi connectivity index (χ0v) is 37.8. The summed E-state index contributed by atoms with van der Waals surface area (Å²) in [4.78, 5) is 78.2. The molecule has 0 heterocycles. The number of hydrogen-bond acceptors (Lipinski definition) is 15. The predicted octanol–water partition coefficient (Wildman–Crippen LogP) is -23.9. The van der Waals surface area contributed by atoms with E-state index < -0.39 is 47.8 Å². The maximum absolute atomic E-state index is 10.1. The summed E-state index contributed by atoms with van der Waals surface area (Å²) in [6.45, 7) is 0. The zero-order valence-electron chi connectivity index (χ0n) is 25.4. The number of esters is 3. The molecule has 258 valence electrons. The van der Waals surface area contributed by atoms with Crippen LogP contribution < -0.4 is 104 Å². The van der Waals surface area contributed by atoms with Gasteiger partial charge in [-0.1, -0.05) is 0 Å². The van der Waals surface area contributed by atoms with Crippen LogP contribution in [0.5, 0.6) is 0 Å². The number of carboxylic acid groups (broad SMARTS) is 5. The Morgan fingerprint density at radius 3 is 0.702 bits per heavy atom. The molecule has 0 radical (unpaired) electrons. The third kappa shape index (κ3) is 132. The number of halogens is 2. The predicted molar refractivity (Wildman–Crippen MR) is 133 cm³/mol. The molecule has 0 aliphatic heterocycles. The maximum atomic E-state index is 10.1. The Morgan fingerprint density at radius 1 is 0.426 bits per heavy atom. The second-order valence-corrected chi connectivity index (χ2v) is 4.52. The van der Waals surface area contributed by atoms with E-state index >= 15 is 0 Å². The molecule has 0 unspecified atom stereocenters. The Bertz CT molecular complexity index is 800. The van der Waals surface area contributed by atoms with Crippen LogP contribution in [-0.2, 0) is 52.6 Å². The van der Waals surface area contributed by atoms with Crippen molar-refractivity contribution < 1.29 is 195 Å². The Balaban J connectivity index is -0.0000000180. The van der Waals surface area contributed by atoms with Crippen molar-refractivity contribution in [2.24, 2.45) is 0 Å². The monoisotopic (exact) mass is 902 g/mol. The van der Waals surface area contributed by atoms with Gasteiger partial charge in [0.05, 0.1) is 45.2 Å². The number of aliphatic carboxylic acids is 5. The smallest absolute Gasteiger partial charge is 1.00 e. The fourth-order valence-corrected chi connectivity index (χ4v) is 0.752. The van der Waals surface area contributed by atoms with Crippen molar-refractivity contribution in [1.29, 1.82) is 0 Å². The van der Waals surface area contributed by atoms with Crippen molar-refractivity contribution in [2.45, 2.75) is 0 Å². The molecule has 0 spiro atoms. The van der Waals surface area contributed by atoms with Crippen LogP contribution in [0.15, 0.2) is 48.6 Å². The fourth-order valence-electron chi connectivity index (χ4n) is 0.752. The van der Waals surface area contributed by atoms with Gasteiger partial charge in [0, 0.05) is 24.3 Å². The number of ether oxygens (including phenoxy) is 3. The number of carboxylic acids is 5. The Hall–Kier alpha value is 0.0210. The van der Waals surface area contributed by atoms with Crippen LogP contribution >= 0.6 is 0 Å². The van der Waals surface area contributed by atoms with E-state index in [2.05, 4.69) is 14.2 Å². The van der Waals surface area contributed by atoms with Gasteiger partial charge in [-0.3, -0.25) is 0 Å². The summed E-state index contributed by atoms with van der Waals surface area (Å²) in [5.74, 6) is -9.18. The largest absolute Gasteiger partial charge is 2.00 e. The molecule has 47 heavy (non-hydrogen) atoms. The van der Waals surface area contributed by atoms with E-state index in [9.17, 15) is 58.8 Å². The number of carbonyl (C=O) groups is 8. The molecular weight excluding hydrogens is 872 g/mol. The summed E-state index contributed by atoms with van der Waals surface area (Å²) in [5.41, 5.74) is 0. The third-order valence-corrected chi connectivity index (χ3v) is 2.03. The topological polar surface area (TPSA) is 466 Å². The number of carbonyl (C=O) groups excluding carboxylic acids is 7. The molecule has 0 aromatic carbocycles. The molecule has 22 nitrogen and oxygen atoms in total. The van der Waals surface area contributed by atoms with Crippen LogP contribution in [0.3, 0.4) is 0 Å². The molecule has 13 N–H and O–H groups in total. The minimum absolute atomic E-state index is 0. The molecule has 0 aliphatic rings. The first-order chi connectivity index (χ1) is 16.1. The molecule has 0 bridgehead atoms. The standard InChI is InChI=1S/3C5H6O4.C4H4O4.2ClH.2Na.6H2O.2Sr/c3*1-9-5(8)3-2-4(6)7;5-3(6)1-2-4(7)8;;;;;;;;;;;;/h3*2-3H,1H3,(H,6,7);1-2H,(H,5,6)(H,7,8);2*1H;;;6*1H2;;/q;;;;;;2*+1;;;;;;;2*+2/p-6/b3*3-2+;2-1+;;;;;;;;;;;;. The van der Waals surface area contributed by atoms with E-state index in [0.29, 0.717) is 30.4 Å². The molecule has 0 saturated heterocycles. The van der Waals surface area contributed by atoms with Crippen molar-refractivity contribution in [3.05, 3.63) is 48.6 Å². The molecule has 0 saturated carbocycles. The van der Waals surface area contributed by atoms with E-state index in [1.54, 1.807) is 0 Å². The van der Waals surface area contributed by atoms with Crippen molar-refractivity contribution in [1.82, 2.24) is 0 Å². The van der Waals surface area contributed by atoms with Gasteiger partial charge in [0.1, 0.15) is 0 Å². The first kappa shape index (κ1) is 103. The average molecular weight is 903 g/mol. The molecule has 0 aromatic rings. The van der Waals surface area contributed by atoms with Crippen molar-refractivity contribution in [3.63, 3.8) is 0 Å². The minimum Gasteiger partial charge on any atom is -1.00 e. The van der Waals surface area contributed by atoms with Gasteiger partial charge < -0.3 is 117 Å². The van der Waals surface area contributed by atoms with E-state index in [1.165, 1.54) is 7.11 Å². The third-order valence-electron chi connectivity index (χ3n) is 2.03. The summed E-state index contributed by atoms with van der Waals surface area (Å²) >= 11 is 0. The van der Waals surface area contributed by atoms with Crippen LogP contribution in [-0.4, -0.2) is 198 Å². The molecule has 0 fully saturated rings. The van der Waals surface area contributed by atoms with Gasteiger partial charge in [-0.25, -0.2) is 19.2 Å². The van der Waals surface area contributed by atoms with Crippen LogP contribution in [0, 0.1) is 0 Å². The van der Waals surface area contributed by atoms with Gasteiger partial charge in [-0.2, -0.15) is 0 Å². The van der Waals surface area contributed by atoms with Gasteiger partial charge >= 0.3 is 174 Å². The number of hydrogen-bond donors (Lipinski definition) is 1. The van der Waals surface area contributed by atoms with E-state index in [0.717, 1.165) is 32.4 Å². The summed E-state index contributed by atoms with van der Waals surface area (Å²) in [7, 11) is 3.48. The normalized spacial score (nSPS) is 7.04. The maximum Gasteiger partial charge on any atom is 2.00 e. The van der Waals surface area contributed by atoms with E-state index in [1.807, 2.05) is 0 Å². The van der Waals surface area contributed by atoms with E-state index in [-0.39, 0.29) is 208 Å². The zero-order chi connectivity index (χ0) is 28.4. The Morgan fingerprint density at radius 2 is 0.574 bits per heavy atom. The van der Waals surface area contributed by atoms with Crippen LogP contribution in [0.25, 0.3) is 0 Å². The molecule has 0 aliphatic carbocycles. The van der Waals surface area contributed by atoms with Crippen LogP contribution in [0.2, 0.25) is 0 Å². The van der Waals surface area contributed by atoms with Crippen molar-refractivity contribution in [3.8, 4) is 0 Å². The Kier molecular flexibility index (Phi) is 167. The molecule has 0 atom stereocenters. The summed E-state index contributed by atoms with van der Waals surface area (Å²) in [5, 5.41) is 46.0. The van der Waals surface area contributed by atoms with Gasteiger partial charge in [0.25, 0.3) is 0 Å². The van der Waals surface area contributed by atoms with Gasteiger partial charge in [-0.05, 0) is 24.3 Å². The first-order valence-electron chi connectivity index (χ1n) is 8.15. The van der Waals surface area contributed by atoms with E-state index in [4.69, 9.17) is 5.11 Å². The van der Waals surface area contributed by atoms with Gasteiger partial charge in [0.2, 0.25) is 0 Å². The molecule has 0 amide bonds. The molecule has 0 aromatic heterocycles. The SMILES string of the molecule is COC(=O)/C=C/C(=O)O.COC(=O)/C=C/C(=O)[O-].COC(=O)/C=C/C(=O)[O-].O.O.O.O.O.O.O=C([O-])/C=C/C(=O)[O-].[Cl-].[Cl-].[Na+].[Na+].[Sr+2].[Sr+2]. The molecule has 0 rings (SSSR count). The van der Waals surface area contributed by atoms with Crippen LogP contribution in [0.4, 0.5) is 0 Å². The summed E-state index contributed by atoms with van der Waals surface area (Å²) in [6, 6.07) is 0. The fraction of sp³-hybridized carbons (Fsp3) is 0.158. The number of rotatable bonds is 8. The van der Waals surface area contributed by atoms with Crippen molar-refractivity contribution in [2.75, 3.05) is 21.3 Å². The molecular formula is C19H30Cl2Na2O22Sr2. The minimum atomic E-state index is -1.55. The second-order valence-electron chi connectivity index (χ2n) is 4.52. The quantitative estimate of drug-likeness (QED) is 0.102. The Labute approximate surface area is 397 Å². The number of methoxy groups -OCH3 is 3. The first-order valence-corrected chi connectivity index (χ1v) is 8.15. The van der Waals surface area contributed by atoms with Crippen molar-refractivity contribution >= 4 is 139 Å². The van der Waals surface area contributed by atoms with Gasteiger partial charge in [0.15, 0.2) is 0 Å². The summed E-state index contributed by atoms with van der Waals surface area (Å²) < 4.78 is 12.3. The average Bonchev–Trinajstić information content (AvgIpc) is 2.78. The molecule has 28 heteroatoms. The summed E-state index contributed by atoms with van der Waals surface area (Å²) in [6.07, 6.45) is 5.07.